The van der Waals surface area contributed by atoms with Crippen LogP contribution in [0, 0.1) is 0 Å². The Bertz CT molecular complexity index is 440. The van der Waals surface area contributed by atoms with Crippen molar-refractivity contribution in [2.45, 2.75) is 19.3 Å². The highest BCUT2D eigenvalue weighted by Gasteiger charge is 2.15. The monoisotopic (exact) mass is 219 g/mol. The van der Waals surface area contributed by atoms with Crippen molar-refractivity contribution in [1.29, 1.82) is 0 Å². The first-order valence-electron chi connectivity index (χ1n) is 5.28. The van der Waals surface area contributed by atoms with Gasteiger partial charge in [-0.3, -0.25) is 9.59 Å². The van der Waals surface area contributed by atoms with Gasteiger partial charge in [0, 0.05) is 12.1 Å². The second kappa shape index (κ2) is 4.35. The molecule has 0 bridgehead atoms. The van der Waals surface area contributed by atoms with Gasteiger partial charge in [-0.2, -0.15) is 0 Å². The fourth-order valence-electron chi connectivity index (χ4n) is 1.72. The summed E-state index contributed by atoms with van der Waals surface area (Å²) >= 11 is 0. The Morgan fingerprint density at radius 3 is 2.56 bits per heavy atom. The number of carboxylic acids is 1. The maximum atomic E-state index is 11.6. The fourth-order valence-corrected chi connectivity index (χ4v) is 1.72. The minimum absolute atomic E-state index is 0.0450. The molecule has 2 N–H and O–H groups in total. The van der Waals surface area contributed by atoms with E-state index >= 15 is 0 Å². The Balaban J connectivity index is 1.93. The summed E-state index contributed by atoms with van der Waals surface area (Å²) in [6, 6.07) is 5.63. The van der Waals surface area contributed by atoms with Gasteiger partial charge in [0.25, 0.3) is 5.91 Å². The second-order valence-electron chi connectivity index (χ2n) is 3.88. The number of aryl methyl sites for hydroxylation is 2. The van der Waals surface area contributed by atoms with Gasteiger partial charge in [-0.05, 0) is 36.1 Å². The van der Waals surface area contributed by atoms with E-state index in [0.29, 0.717) is 5.56 Å². The van der Waals surface area contributed by atoms with Crippen LogP contribution in [-0.4, -0.2) is 23.5 Å². The van der Waals surface area contributed by atoms with Gasteiger partial charge in [-0.1, -0.05) is 6.07 Å². The van der Waals surface area contributed by atoms with Gasteiger partial charge in [0.1, 0.15) is 0 Å². The van der Waals surface area contributed by atoms with Crippen molar-refractivity contribution in [2.75, 3.05) is 6.54 Å². The topological polar surface area (TPSA) is 66.4 Å². The van der Waals surface area contributed by atoms with Gasteiger partial charge < -0.3 is 10.4 Å². The van der Waals surface area contributed by atoms with Crippen molar-refractivity contribution in [3.63, 3.8) is 0 Å². The molecule has 1 aromatic carbocycles. The smallest absolute Gasteiger partial charge is 0.305 e. The molecule has 0 aromatic heterocycles. The molecule has 1 aromatic rings. The standard InChI is InChI=1S/C12H13NO3/c14-11(15)5-6-13-12(16)10-4-2-8-1-3-9(8)7-10/h2,4,7H,1,3,5-6H2,(H,13,16)(H,14,15). The molecule has 4 heteroatoms. The molecule has 1 amide bonds. The van der Waals surface area contributed by atoms with Crippen LogP contribution in [0.1, 0.15) is 27.9 Å². The highest BCUT2D eigenvalue weighted by atomic mass is 16.4. The summed E-state index contributed by atoms with van der Waals surface area (Å²) in [5.74, 6) is -1.10. The molecule has 0 saturated heterocycles. The quantitative estimate of drug-likeness (QED) is 0.793. The van der Waals surface area contributed by atoms with Crippen molar-refractivity contribution in [1.82, 2.24) is 5.32 Å². The number of carboxylic acid groups (broad SMARTS) is 1. The molecule has 16 heavy (non-hydrogen) atoms. The van der Waals surface area contributed by atoms with Gasteiger partial charge in [0.05, 0.1) is 6.42 Å². The van der Waals surface area contributed by atoms with Crippen LogP contribution >= 0.6 is 0 Å². The molecule has 0 unspecified atom stereocenters. The number of nitrogens with one attached hydrogen (secondary N) is 1. The van der Waals surface area contributed by atoms with Crippen molar-refractivity contribution in [3.05, 3.63) is 34.9 Å². The largest absolute Gasteiger partial charge is 0.481 e. The molecule has 2 rings (SSSR count). The average Bonchev–Trinajstić information content (AvgIpc) is 2.19. The molecule has 0 aliphatic heterocycles. The first kappa shape index (κ1) is 10.7. The summed E-state index contributed by atoms with van der Waals surface area (Å²) in [6.45, 7) is 0.172. The summed E-state index contributed by atoms with van der Waals surface area (Å²) in [7, 11) is 0. The SMILES string of the molecule is O=C(O)CCNC(=O)c1ccc2c(c1)CC2. The number of fused-ring (bicyclic) bond motifs is 1. The number of benzene rings is 1. The number of rotatable bonds is 4. The summed E-state index contributed by atoms with van der Waals surface area (Å²) in [4.78, 5) is 21.9. The molecule has 84 valence electrons. The highest BCUT2D eigenvalue weighted by Crippen LogP contribution is 2.23. The van der Waals surface area contributed by atoms with Crippen LogP contribution < -0.4 is 5.32 Å². The van der Waals surface area contributed by atoms with Gasteiger partial charge in [0.15, 0.2) is 0 Å². The zero-order chi connectivity index (χ0) is 11.5. The first-order valence-corrected chi connectivity index (χ1v) is 5.28. The minimum Gasteiger partial charge on any atom is -0.481 e. The third kappa shape index (κ3) is 2.21. The fraction of sp³-hybridized carbons (Fsp3) is 0.333. The van der Waals surface area contributed by atoms with E-state index in [4.69, 9.17) is 5.11 Å². The van der Waals surface area contributed by atoms with Crippen LogP contribution in [0.25, 0.3) is 0 Å². The van der Waals surface area contributed by atoms with E-state index < -0.39 is 5.97 Å². The molecule has 0 radical (unpaired) electrons. The molecule has 0 fully saturated rings. The van der Waals surface area contributed by atoms with E-state index in [0.717, 1.165) is 12.8 Å². The lowest BCUT2D eigenvalue weighted by atomic mass is 9.87. The Morgan fingerprint density at radius 2 is 2.00 bits per heavy atom. The lowest BCUT2D eigenvalue weighted by molar-refractivity contribution is -0.136. The Labute approximate surface area is 93.3 Å². The summed E-state index contributed by atoms with van der Waals surface area (Å²) in [5.41, 5.74) is 3.15. The van der Waals surface area contributed by atoms with E-state index in [-0.39, 0.29) is 18.9 Å². The van der Waals surface area contributed by atoms with E-state index in [2.05, 4.69) is 5.32 Å². The molecule has 0 saturated carbocycles. The van der Waals surface area contributed by atoms with Crippen molar-refractivity contribution in [3.8, 4) is 0 Å². The number of carbonyl (C=O) groups is 2. The van der Waals surface area contributed by atoms with E-state index in [1.165, 1.54) is 11.1 Å². The van der Waals surface area contributed by atoms with Gasteiger partial charge >= 0.3 is 5.97 Å². The molecule has 0 spiro atoms. The molecule has 1 aliphatic rings. The molecule has 0 atom stereocenters. The molecule has 4 nitrogen and oxygen atoms in total. The van der Waals surface area contributed by atoms with Crippen LogP contribution in [0.5, 0.6) is 0 Å². The number of hydrogen-bond donors (Lipinski definition) is 2. The third-order valence-corrected chi connectivity index (χ3v) is 2.76. The van der Waals surface area contributed by atoms with Gasteiger partial charge in [-0.25, -0.2) is 0 Å². The molecule has 1 aliphatic carbocycles. The minimum atomic E-state index is -0.905. The van der Waals surface area contributed by atoms with E-state index in [1.807, 2.05) is 12.1 Å². The van der Waals surface area contributed by atoms with Crippen molar-refractivity contribution < 1.29 is 14.7 Å². The van der Waals surface area contributed by atoms with Crippen LogP contribution in [0.15, 0.2) is 18.2 Å². The van der Waals surface area contributed by atoms with Crippen molar-refractivity contribution in [2.24, 2.45) is 0 Å². The Morgan fingerprint density at radius 1 is 1.25 bits per heavy atom. The first-order chi connectivity index (χ1) is 7.66. The second-order valence-corrected chi connectivity index (χ2v) is 3.88. The van der Waals surface area contributed by atoms with Crippen LogP contribution in [0.2, 0.25) is 0 Å². The maximum Gasteiger partial charge on any atom is 0.305 e. The highest BCUT2D eigenvalue weighted by molar-refractivity contribution is 5.94. The zero-order valence-corrected chi connectivity index (χ0v) is 8.82. The predicted molar refractivity (Wildman–Crippen MR) is 58.4 cm³/mol. The summed E-state index contributed by atoms with van der Waals surface area (Å²) in [5, 5.41) is 11.0. The predicted octanol–water partition coefficient (Wildman–Crippen LogP) is 0.990. The number of carbonyl (C=O) groups excluding carboxylic acids is 1. The Hall–Kier alpha value is -1.84. The van der Waals surface area contributed by atoms with E-state index in [9.17, 15) is 9.59 Å². The van der Waals surface area contributed by atoms with Crippen molar-refractivity contribution >= 4 is 11.9 Å². The normalized spacial score (nSPS) is 12.5. The van der Waals surface area contributed by atoms with Crippen LogP contribution in [0.3, 0.4) is 0 Å². The van der Waals surface area contributed by atoms with Gasteiger partial charge in [0.2, 0.25) is 0 Å². The molecular formula is C12H13NO3. The van der Waals surface area contributed by atoms with Gasteiger partial charge in [-0.15, -0.1) is 0 Å². The van der Waals surface area contributed by atoms with Crippen LogP contribution in [-0.2, 0) is 17.6 Å². The number of aliphatic carboxylic acids is 1. The molecule has 0 heterocycles. The average molecular weight is 219 g/mol. The summed E-state index contributed by atoms with van der Waals surface area (Å²) < 4.78 is 0. The van der Waals surface area contributed by atoms with E-state index in [1.54, 1.807) is 6.07 Å². The lowest BCUT2D eigenvalue weighted by Crippen LogP contribution is -2.26. The number of amides is 1. The number of hydrogen-bond acceptors (Lipinski definition) is 2. The van der Waals surface area contributed by atoms with Crippen LogP contribution in [0.4, 0.5) is 0 Å². The zero-order valence-electron chi connectivity index (χ0n) is 8.82. The lowest BCUT2D eigenvalue weighted by Gasteiger charge is -2.18. The third-order valence-electron chi connectivity index (χ3n) is 2.76. The molecular weight excluding hydrogens is 206 g/mol. The summed E-state index contributed by atoms with van der Waals surface area (Å²) in [6.07, 6.45) is 2.08. The Kier molecular flexibility index (Phi) is 2.90. The maximum absolute atomic E-state index is 11.6.